The molecule has 19 heavy (non-hydrogen) atoms. The summed E-state index contributed by atoms with van der Waals surface area (Å²) in [6.45, 7) is 2.09. The maximum absolute atomic E-state index is 11.4. The summed E-state index contributed by atoms with van der Waals surface area (Å²) in [6, 6.07) is 13.3. The number of rotatable bonds is 6. The quantitative estimate of drug-likeness (QED) is 0.733. The molecule has 1 unspecified atom stereocenters. The molecule has 1 atom stereocenters. The van der Waals surface area contributed by atoms with E-state index in [1.54, 1.807) is 6.92 Å². The van der Waals surface area contributed by atoms with Gasteiger partial charge in [0.15, 0.2) is 0 Å². The molecule has 1 rings (SSSR count). The van der Waals surface area contributed by atoms with Gasteiger partial charge >= 0.3 is 5.97 Å². The predicted molar refractivity (Wildman–Crippen MR) is 69.8 cm³/mol. The molecule has 0 N–H and O–H groups in total. The Bertz CT molecular complexity index is 471. The fourth-order valence-corrected chi connectivity index (χ4v) is 1.94. The van der Waals surface area contributed by atoms with Crippen molar-refractivity contribution in [3.05, 3.63) is 35.9 Å². The Kier molecular flexibility index (Phi) is 6.12. The molecule has 0 aliphatic carbocycles. The maximum atomic E-state index is 11.4. The molecule has 0 aliphatic heterocycles. The van der Waals surface area contributed by atoms with Gasteiger partial charge in [-0.2, -0.15) is 10.5 Å². The molecular formula is C15H16N2O2. The minimum atomic E-state index is -0.753. The van der Waals surface area contributed by atoms with Gasteiger partial charge in [0, 0.05) is 12.3 Å². The number of carbonyl (C=O) groups is 1. The van der Waals surface area contributed by atoms with Crippen LogP contribution in [0.2, 0.25) is 0 Å². The topological polar surface area (TPSA) is 73.9 Å². The zero-order valence-corrected chi connectivity index (χ0v) is 10.9. The number of esters is 1. The number of hydrogen-bond acceptors (Lipinski definition) is 4. The normalized spacial score (nSPS) is 11.4. The fraction of sp³-hybridized carbons (Fsp3) is 0.400. The molecule has 0 heterocycles. The highest BCUT2D eigenvalue weighted by Gasteiger charge is 2.23. The second-order valence-electron chi connectivity index (χ2n) is 4.10. The number of nitriles is 2. The lowest BCUT2D eigenvalue weighted by Gasteiger charge is -2.17. The van der Waals surface area contributed by atoms with Crippen molar-refractivity contribution in [1.29, 1.82) is 10.5 Å². The van der Waals surface area contributed by atoms with E-state index in [9.17, 15) is 4.79 Å². The monoisotopic (exact) mass is 256 g/mol. The number of nitrogens with zero attached hydrogens (tertiary/aromatic N) is 2. The molecule has 0 amide bonds. The average Bonchev–Trinajstić information content (AvgIpc) is 2.44. The Morgan fingerprint density at radius 1 is 1.26 bits per heavy atom. The maximum Gasteiger partial charge on any atom is 0.305 e. The average molecular weight is 256 g/mol. The van der Waals surface area contributed by atoms with E-state index in [4.69, 9.17) is 15.3 Å². The van der Waals surface area contributed by atoms with Crippen molar-refractivity contribution in [2.24, 2.45) is 5.92 Å². The Morgan fingerprint density at radius 2 is 1.89 bits per heavy atom. The molecule has 0 radical (unpaired) electrons. The molecule has 0 fully saturated rings. The summed E-state index contributed by atoms with van der Waals surface area (Å²) >= 11 is 0. The Hall–Kier alpha value is -2.33. The van der Waals surface area contributed by atoms with Gasteiger partial charge in [-0.1, -0.05) is 30.3 Å². The summed E-state index contributed by atoms with van der Waals surface area (Å²) in [6.07, 6.45) is 0.655. The van der Waals surface area contributed by atoms with Crippen molar-refractivity contribution in [2.75, 3.05) is 6.61 Å². The number of ether oxygens (including phenoxy) is 1. The molecule has 98 valence electrons. The van der Waals surface area contributed by atoms with Crippen LogP contribution in [0.3, 0.4) is 0 Å². The molecule has 1 aromatic rings. The van der Waals surface area contributed by atoms with Gasteiger partial charge in [-0.15, -0.1) is 0 Å². The predicted octanol–water partition coefficient (Wildman–Crippen LogP) is 2.78. The van der Waals surface area contributed by atoms with Crippen molar-refractivity contribution < 1.29 is 9.53 Å². The zero-order valence-electron chi connectivity index (χ0n) is 10.9. The molecule has 0 aromatic heterocycles. The van der Waals surface area contributed by atoms with Crippen LogP contribution >= 0.6 is 0 Å². The number of hydrogen-bond donors (Lipinski definition) is 0. The third-order valence-corrected chi connectivity index (χ3v) is 2.87. The molecule has 0 aliphatic rings. The van der Waals surface area contributed by atoms with Gasteiger partial charge in [0.2, 0.25) is 0 Å². The highest BCUT2D eigenvalue weighted by atomic mass is 16.5. The van der Waals surface area contributed by atoms with E-state index in [1.807, 2.05) is 42.5 Å². The lowest BCUT2D eigenvalue weighted by Crippen LogP contribution is -2.13. The Morgan fingerprint density at radius 3 is 2.42 bits per heavy atom. The van der Waals surface area contributed by atoms with Gasteiger partial charge in [0.05, 0.1) is 18.7 Å². The van der Waals surface area contributed by atoms with E-state index < -0.39 is 5.92 Å². The molecule has 4 heteroatoms. The molecule has 0 spiro atoms. The van der Waals surface area contributed by atoms with E-state index in [0.29, 0.717) is 13.0 Å². The highest BCUT2D eigenvalue weighted by Crippen LogP contribution is 2.29. The zero-order chi connectivity index (χ0) is 14.1. The molecule has 0 saturated heterocycles. The number of benzene rings is 1. The van der Waals surface area contributed by atoms with Crippen LogP contribution in [0.5, 0.6) is 0 Å². The van der Waals surface area contributed by atoms with Crippen molar-refractivity contribution >= 4 is 5.97 Å². The molecular weight excluding hydrogens is 240 g/mol. The SMILES string of the molecule is CCOC(=O)CCC(c1ccccc1)C(C#N)C#N. The van der Waals surface area contributed by atoms with Crippen LogP contribution in [0, 0.1) is 28.6 Å². The van der Waals surface area contributed by atoms with E-state index >= 15 is 0 Å². The van der Waals surface area contributed by atoms with Crippen molar-refractivity contribution in [3.63, 3.8) is 0 Å². The molecule has 1 aromatic carbocycles. The standard InChI is InChI=1S/C15H16N2O2/c1-2-19-15(18)9-8-14(13(10-16)11-17)12-6-4-3-5-7-12/h3-7,13-14H,2,8-9H2,1H3. The lowest BCUT2D eigenvalue weighted by atomic mass is 9.84. The number of carbonyl (C=O) groups excluding carboxylic acids is 1. The summed E-state index contributed by atoms with van der Waals surface area (Å²) < 4.78 is 4.87. The first-order valence-corrected chi connectivity index (χ1v) is 6.22. The Labute approximate surface area is 113 Å². The van der Waals surface area contributed by atoms with E-state index in [2.05, 4.69) is 0 Å². The van der Waals surface area contributed by atoms with Gasteiger partial charge in [-0.25, -0.2) is 0 Å². The minimum absolute atomic E-state index is 0.216. The van der Waals surface area contributed by atoms with Crippen LogP contribution in [0.1, 0.15) is 31.2 Å². The van der Waals surface area contributed by atoms with Crippen molar-refractivity contribution in [3.8, 4) is 12.1 Å². The van der Waals surface area contributed by atoms with Gasteiger partial charge < -0.3 is 4.74 Å². The van der Waals surface area contributed by atoms with E-state index in [-0.39, 0.29) is 18.3 Å². The summed E-state index contributed by atoms with van der Waals surface area (Å²) in [5, 5.41) is 18.1. The van der Waals surface area contributed by atoms with E-state index in [1.165, 1.54) is 0 Å². The first-order valence-electron chi connectivity index (χ1n) is 6.22. The highest BCUT2D eigenvalue weighted by molar-refractivity contribution is 5.69. The summed E-state index contributed by atoms with van der Waals surface area (Å²) in [4.78, 5) is 11.4. The smallest absolute Gasteiger partial charge is 0.305 e. The molecule has 0 saturated carbocycles. The fourth-order valence-electron chi connectivity index (χ4n) is 1.94. The van der Waals surface area contributed by atoms with Crippen molar-refractivity contribution in [1.82, 2.24) is 0 Å². The van der Waals surface area contributed by atoms with Gasteiger partial charge in [0.25, 0.3) is 0 Å². The van der Waals surface area contributed by atoms with Crippen LogP contribution in [0.25, 0.3) is 0 Å². The lowest BCUT2D eigenvalue weighted by molar-refractivity contribution is -0.143. The minimum Gasteiger partial charge on any atom is -0.466 e. The van der Waals surface area contributed by atoms with Gasteiger partial charge in [-0.05, 0) is 18.9 Å². The third kappa shape index (κ3) is 4.44. The summed E-state index contributed by atoms with van der Waals surface area (Å²) in [7, 11) is 0. The van der Waals surface area contributed by atoms with Crippen LogP contribution in [0.4, 0.5) is 0 Å². The van der Waals surface area contributed by atoms with Gasteiger partial charge in [0.1, 0.15) is 5.92 Å². The first-order chi connectivity index (χ1) is 9.22. The summed E-state index contributed by atoms with van der Waals surface area (Å²) in [5.41, 5.74) is 0.903. The molecule has 4 nitrogen and oxygen atoms in total. The first kappa shape index (κ1) is 14.7. The van der Waals surface area contributed by atoms with Crippen LogP contribution in [-0.2, 0) is 9.53 Å². The molecule has 0 bridgehead atoms. The van der Waals surface area contributed by atoms with Gasteiger partial charge in [-0.3, -0.25) is 4.79 Å². The van der Waals surface area contributed by atoms with Crippen LogP contribution in [0.15, 0.2) is 30.3 Å². The van der Waals surface area contributed by atoms with Crippen LogP contribution in [-0.4, -0.2) is 12.6 Å². The third-order valence-electron chi connectivity index (χ3n) is 2.87. The largest absolute Gasteiger partial charge is 0.466 e. The summed E-state index contributed by atoms with van der Waals surface area (Å²) in [5.74, 6) is -1.31. The van der Waals surface area contributed by atoms with Crippen molar-refractivity contribution in [2.45, 2.75) is 25.7 Å². The second kappa shape index (κ2) is 7.89. The van der Waals surface area contributed by atoms with E-state index in [0.717, 1.165) is 5.56 Å². The second-order valence-corrected chi connectivity index (χ2v) is 4.10. The Balaban J connectivity index is 2.80. The van der Waals surface area contributed by atoms with Crippen LogP contribution < -0.4 is 0 Å².